The van der Waals surface area contributed by atoms with Crippen LogP contribution in [0.1, 0.15) is 27.7 Å². The monoisotopic (exact) mass is 370 g/mol. The van der Waals surface area contributed by atoms with Crippen LogP contribution in [0, 0.1) is 12.3 Å². The fourth-order valence-electron chi connectivity index (χ4n) is 1.41. The van der Waals surface area contributed by atoms with Crippen LogP contribution < -0.4 is 5.73 Å². The first-order chi connectivity index (χ1) is 11.5. The summed E-state index contributed by atoms with van der Waals surface area (Å²) in [6.45, 7) is 12.4. The standard InChI is InChI=1S/C17H30N2O5Si/c1-9-11-22-12-14(24-25(7,8)17(3,4)5)15(18)19-23-13(10-2)16(20)21-6/h1,10,14H,11-12H2,2-8H3,(H2,18,19)/b13-10+. The number of ether oxygens (including phenoxy) is 2. The van der Waals surface area contributed by atoms with Crippen LogP contribution in [0.5, 0.6) is 0 Å². The van der Waals surface area contributed by atoms with Gasteiger partial charge in [0.25, 0.3) is 0 Å². The molecular weight excluding hydrogens is 340 g/mol. The number of hydrogen-bond donors (Lipinski definition) is 1. The van der Waals surface area contributed by atoms with Crippen LogP contribution in [0.15, 0.2) is 17.0 Å². The third-order valence-corrected chi connectivity index (χ3v) is 8.41. The molecule has 1 atom stereocenters. The molecule has 8 heteroatoms. The Kier molecular flexibility index (Phi) is 9.49. The first-order valence-corrected chi connectivity index (χ1v) is 10.8. The van der Waals surface area contributed by atoms with E-state index in [4.69, 9.17) is 26.2 Å². The topological polar surface area (TPSA) is 92.4 Å². The maximum absolute atomic E-state index is 11.5. The van der Waals surface area contributed by atoms with E-state index in [1.807, 2.05) is 0 Å². The third-order valence-electron chi connectivity index (χ3n) is 3.93. The van der Waals surface area contributed by atoms with Gasteiger partial charge in [-0.15, -0.1) is 6.42 Å². The van der Waals surface area contributed by atoms with E-state index in [0.717, 1.165) is 0 Å². The first kappa shape index (κ1) is 23.2. The number of nitrogens with two attached hydrogens (primary N) is 1. The van der Waals surface area contributed by atoms with Gasteiger partial charge in [0.15, 0.2) is 14.2 Å². The Morgan fingerprint density at radius 3 is 2.44 bits per heavy atom. The van der Waals surface area contributed by atoms with Gasteiger partial charge < -0.3 is 24.5 Å². The summed E-state index contributed by atoms with van der Waals surface area (Å²) in [4.78, 5) is 16.6. The molecule has 0 bridgehead atoms. The van der Waals surface area contributed by atoms with Crippen molar-refractivity contribution in [1.82, 2.24) is 0 Å². The minimum atomic E-state index is -2.14. The number of carbonyl (C=O) groups is 1. The van der Waals surface area contributed by atoms with E-state index in [9.17, 15) is 4.79 Å². The van der Waals surface area contributed by atoms with Crippen molar-refractivity contribution in [3.05, 3.63) is 11.8 Å². The molecule has 0 aliphatic carbocycles. The highest BCUT2D eigenvalue weighted by Crippen LogP contribution is 2.37. The number of allylic oxidation sites excluding steroid dienone is 1. The lowest BCUT2D eigenvalue weighted by atomic mass is 10.2. The molecule has 0 aromatic carbocycles. The second kappa shape index (κ2) is 10.2. The fourth-order valence-corrected chi connectivity index (χ4v) is 2.66. The molecule has 0 amide bonds. The van der Waals surface area contributed by atoms with Crippen LogP contribution in [0.4, 0.5) is 0 Å². The number of oxime groups is 1. The lowest BCUT2D eigenvalue weighted by molar-refractivity contribution is -0.140. The van der Waals surface area contributed by atoms with Crippen molar-refractivity contribution in [2.45, 2.75) is 51.9 Å². The summed E-state index contributed by atoms with van der Waals surface area (Å²) in [5.74, 6) is 1.73. The van der Waals surface area contributed by atoms with Gasteiger partial charge in [-0.3, -0.25) is 0 Å². The Morgan fingerprint density at radius 2 is 2.00 bits per heavy atom. The van der Waals surface area contributed by atoms with Gasteiger partial charge in [-0.05, 0) is 31.1 Å². The van der Waals surface area contributed by atoms with E-state index in [1.165, 1.54) is 13.2 Å². The van der Waals surface area contributed by atoms with Gasteiger partial charge in [-0.2, -0.15) is 0 Å². The zero-order valence-electron chi connectivity index (χ0n) is 16.2. The van der Waals surface area contributed by atoms with E-state index in [1.54, 1.807) is 6.92 Å². The summed E-state index contributed by atoms with van der Waals surface area (Å²) < 4.78 is 16.2. The first-order valence-electron chi connectivity index (χ1n) is 7.94. The van der Waals surface area contributed by atoms with E-state index in [2.05, 4.69) is 49.7 Å². The lowest BCUT2D eigenvalue weighted by Gasteiger charge is -2.38. The number of amidine groups is 1. The molecule has 0 aromatic heterocycles. The van der Waals surface area contributed by atoms with Gasteiger partial charge in [-0.25, -0.2) is 4.79 Å². The van der Waals surface area contributed by atoms with Crippen molar-refractivity contribution in [3.8, 4) is 12.3 Å². The minimum absolute atomic E-state index is 0.0288. The molecule has 0 aliphatic rings. The Labute approximate surface area is 151 Å². The predicted molar refractivity (Wildman–Crippen MR) is 100 cm³/mol. The second-order valence-electron chi connectivity index (χ2n) is 6.84. The van der Waals surface area contributed by atoms with E-state index >= 15 is 0 Å². The Bertz CT molecular complexity index is 544. The van der Waals surface area contributed by atoms with E-state index in [0.29, 0.717) is 0 Å². The van der Waals surface area contributed by atoms with Crippen LogP contribution in [0.2, 0.25) is 18.1 Å². The predicted octanol–water partition coefficient (Wildman–Crippen LogP) is 2.39. The Morgan fingerprint density at radius 1 is 1.40 bits per heavy atom. The Balaban J connectivity index is 5.29. The molecule has 0 aliphatic heterocycles. The van der Waals surface area contributed by atoms with Gasteiger partial charge in [0, 0.05) is 0 Å². The highest BCUT2D eigenvalue weighted by molar-refractivity contribution is 6.74. The zero-order valence-corrected chi connectivity index (χ0v) is 17.2. The van der Waals surface area contributed by atoms with Gasteiger partial charge in [0.2, 0.25) is 5.76 Å². The molecule has 1 unspecified atom stereocenters. The molecule has 25 heavy (non-hydrogen) atoms. The molecule has 0 radical (unpaired) electrons. The maximum atomic E-state index is 11.5. The van der Waals surface area contributed by atoms with Gasteiger partial charge in [0.1, 0.15) is 12.7 Å². The van der Waals surface area contributed by atoms with Crippen molar-refractivity contribution in [3.63, 3.8) is 0 Å². The summed E-state index contributed by atoms with van der Waals surface area (Å²) in [6, 6.07) is 0. The number of terminal acetylenes is 1. The van der Waals surface area contributed by atoms with Crippen molar-refractivity contribution in [2.75, 3.05) is 20.3 Å². The molecular formula is C17H30N2O5Si. The zero-order chi connectivity index (χ0) is 19.7. The summed E-state index contributed by atoms with van der Waals surface area (Å²) >= 11 is 0. The maximum Gasteiger partial charge on any atom is 0.376 e. The third kappa shape index (κ3) is 7.73. The summed E-state index contributed by atoms with van der Waals surface area (Å²) in [5, 5.41) is 3.77. The van der Waals surface area contributed by atoms with E-state index in [-0.39, 0.29) is 29.8 Å². The number of carbonyl (C=O) groups excluding carboxylic acids is 1. The summed E-state index contributed by atoms with van der Waals surface area (Å²) in [7, 11) is -0.889. The lowest BCUT2D eigenvalue weighted by Crippen LogP contribution is -2.49. The molecule has 0 saturated carbocycles. The number of esters is 1. The number of hydrogen-bond acceptors (Lipinski definition) is 6. The highest BCUT2D eigenvalue weighted by atomic mass is 28.4. The Hall–Kier alpha value is -1.82. The SMILES string of the molecule is C#CCOCC(O[Si](C)(C)C(C)(C)C)/C(N)=N/O/C(=C/C)C(=O)OC. The van der Waals surface area contributed by atoms with Crippen LogP contribution >= 0.6 is 0 Å². The van der Waals surface area contributed by atoms with Crippen LogP contribution in [-0.2, 0) is 23.5 Å². The molecule has 142 valence electrons. The average Bonchev–Trinajstić information content (AvgIpc) is 2.52. The normalized spacial score (nSPS) is 14.6. The minimum Gasteiger partial charge on any atom is -0.463 e. The molecule has 7 nitrogen and oxygen atoms in total. The van der Waals surface area contributed by atoms with Crippen LogP contribution in [0.25, 0.3) is 0 Å². The molecule has 0 spiro atoms. The van der Waals surface area contributed by atoms with Crippen LogP contribution in [0.3, 0.4) is 0 Å². The number of rotatable bonds is 9. The van der Waals surface area contributed by atoms with Crippen molar-refractivity contribution >= 4 is 20.1 Å². The molecule has 0 saturated heterocycles. The van der Waals surface area contributed by atoms with E-state index < -0.39 is 20.4 Å². The molecule has 2 N–H and O–H groups in total. The fraction of sp³-hybridized carbons (Fsp3) is 0.647. The molecule has 0 rings (SSSR count). The van der Waals surface area contributed by atoms with Gasteiger partial charge in [-0.1, -0.05) is 31.8 Å². The quantitative estimate of drug-likeness (QED) is 0.0771. The number of methoxy groups -OCH3 is 1. The second-order valence-corrected chi connectivity index (χ2v) is 11.6. The van der Waals surface area contributed by atoms with Crippen molar-refractivity contribution in [1.29, 1.82) is 0 Å². The molecule has 0 aromatic rings. The van der Waals surface area contributed by atoms with Crippen LogP contribution in [-0.4, -0.2) is 46.5 Å². The van der Waals surface area contributed by atoms with Gasteiger partial charge >= 0.3 is 5.97 Å². The average molecular weight is 371 g/mol. The summed E-state index contributed by atoms with van der Waals surface area (Å²) in [5.41, 5.74) is 6.01. The van der Waals surface area contributed by atoms with Gasteiger partial charge in [0.05, 0.1) is 13.7 Å². The molecule has 0 heterocycles. The van der Waals surface area contributed by atoms with Crippen molar-refractivity contribution in [2.24, 2.45) is 10.9 Å². The largest absolute Gasteiger partial charge is 0.463 e. The summed E-state index contributed by atoms with van der Waals surface area (Å²) in [6.07, 6.45) is 6.00. The smallest absolute Gasteiger partial charge is 0.376 e. The number of nitrogens with zero attached hydrogens (tertiary/aromatic N) is 1. The van der Waals surface area contributed by atoms with Crippen molar-refractivity contribution < 1.29 is 23.5 Å². The molecule has 0 fully saturated rings. The highest BCUT2D eigenvalue weighted by Gasteiger charge is 2.40.